The molecule has 4 heteroatoms. The Balaban J connectivity index is 2.64. The molecule has 0 unspecified atom stereocenters. The quantitative estimate of drug-likeness (QED) is 0.596. The summed E-state index contributed by atoms with van der Waals surface area (Å²) in [6.07, 6.45) is 4.49. The first-order valence-electron chi connectivity index (χ1n) is 4.65. The highest BCUT2D eigenvalue weighted by Gasteiger charge is 2.28. The predicted octanol–water partition coefficient (Wildman–Crippen LogP) is 1.61. The standard InChI is InChI=1S/C9H17N3O/c1-9(2)6-4-3-5-7(9)11-12-8(10)13/h3-6H2,1-2H3,(H3,10,12,13). The summed E-state index contributed by atoms with van der Waals surface area (Å²) in [5, 5.41) is 4.03. The van der Waals surface area contributed by atoms with E-state index in [1.54, 1.807) is 0 Å². The van der Waals surface area contributed by atoms with E-state index in [9.17, 15) is 4.79 Å². The number of hydrogen-bond acceptors (Lipinski definition) is 2. The van der Waals surface area contributed by atoms with E-state index in [1.807, 2.05) is 0 Å². The van der Waals surface area contributed by atoms with Gasteiger partial charge in [-0.3, -0.25) is 0 Å². The molecular formula is C9H17N3O. The largest absolute Gasteiger partial charge is 0.350 e. The Labute approximate surface area is 78.6 Å². The number of carbonyl (C=O) groups is 1. The summed E-state index contributed by atoms with van der Waals surface area (Å²) >= 11 is 0. The first-order valence-corrected chi connectivity index (χ1v) is 4.65. The SMILES string of the molecule is CC1(C)CCCCC1=NNC(N)=O. The van der Waals surface area contributed by atoms with Gasteiger partial charge in [0, 0.05) is 11.1 Å². The number of hydrazone groups is 1. The zero-order valence-corrected chi connectivity index (χ0v) is 8.26. The van der Waals surface area contributed by atoms with Crippen molar-refractivity contribution >= 4 is 11.7 Å². The minimum Gasteiger partial charge on any atom is -0.350 e. The highest BCUT2D eigenvalue weighted by atomic mass is 16.2. The molecule has 1 saturated carbocycles. The first-order chi connectivity index (χ1) is 6.02. The van der Waals surface area contributed by atoms with E-state index in [4.69, 9.17) is 5.73 Å². The molecule has 0 aliphatic heterocycles. The minimum absolute atomic E-state index is 0.112. The smallest absolute Gasteiger partial charge is 0.332 e. The van der Waals surface area contributed by atoms with Crippen molar-refractivity contribution in [2.45, 2.75) is 39.5 Å². The van der Waals surface area contributed by atoms with Gasteiger partial charge >= 0.3 is 6.03 Å². The van der Waals surface area contributed by atoms with Crippen LogP contribution in [-0.2, 0) is 0 Å². The predicted molar refractivity (Wildman–Crippen MR) is 52.4 cm³/mol. The average Bonchev–Trinajstić information content (AvgIpc) is 2.01. The fourth-order valence-corrected chi connectivity index (χ4v) is 1.67. The Morgan fingerprint density at radius 1 is 1.54 bits per heavy atom. The van der Waals surface area contributed by atoms with Gasteiger partial charge < -0.3 is 5.73 Å². The van der Waals surface area contributed by atoms with E-state index in [0.29, 0.717) is 0 Å². The molecule has 0 atom stereocenters. The van der Waals surface area contributed by atoms with Crippen molar-refractivity contribution in [2.24, 2.45) is 16.3 Å². The third-order valence-electron chi connectivity index (χ3n) is 2.55. The lowest BCUT2D eigenvalue weighted by molar-refractivity contribution is 0.249. The van der Waals surface area contributed by atoms with Crippen LogP contribution in [0.15, 0.2) is 5.10 Å². The van der Waals surface area contributed by atoms with Crippen molar-refractivity contribution in [2.75, 3.05) is 0 Å². The molecule has 0 spiro atoms. The third kappa shape index (κ3) is 2.72. The summed E-state index contributed by atoms with van der Waals surface area (Å²) in [5.41, 5.74) is 8.40. The Hall–Kier alpha value is -1.06. The lowest BCUT2D eigenvalue weighted by Gasteiger charge is -2.30. The third-order valence-corrected chi connectivity index (χ3v) is 2.55. The van der Waals surface area contributed by atoms with E-state index in [2.05, 4.69) is 24.4 Å². The van der Waals surface area contributed by atoms with Crippen LogP contribution in [0, 0.1) is 5.41 Å². The zero-order chi connectivity index (χ0) is 9.90. The maximum Gasteiger partial charge on any atom is 0.332 e. The number of urea groups is 1. The number of nitrogens with two attached hydrogens (primary N) is 1. The fraction of sp³-hybridized carbons (Fsp3) is 0.778. The van der Waals surface area contributed by atoms with Gasteiger partial charge in [-0.1, -0.05) is 20.3 Å². The molecule has 1 rings (SSSR count). The van der Waals surface area contributed by atoms with E-state index in [0.717, 1.165) is 25.0 Å². The van der Waals surface area contributed by atoms with Crippen molar-refractivity contribution in [3.8, 4) is 0 Å². The van der Waals surface area contributed by atoms with Crippen LogP contribution >= 0.6 is 0 Å². The molecular weight excluding hydrogens is 166 g/mol. The summed E-state index contributed by atoms with van der Waals surface area (Å²) in [4.78, 5) is 10.5. The molecule has 4 nitrogen and oxygen atoms in total. The molecule has 0 radical (unpaired) electrons. The average molecular weight is 183 g/mol. The van der Waals surface area contributed by atoms with Crippen LogP contribution < -0.4 is 11.2 Å². The van der Waals surface area contributed by atoms with Crippen molar-refractivity contribution in [1.82, 2.24) is 5.43 Å². The Kier molecular flexibility index (Phi) is 2.90. The van der Waals surface area contributed by atoms with Crippen LogP contribution in [0.4, 0.5) is 4.79 Å². The number of rotatable bonds is 1. The Bertz CT molecular complexity index is 233. The van der Waals surface area contributed by atoms with Gasteiger partial charge in [0.1, 0.15) is 0 Å². The molecule has 13 heavy (non-hydrogen) atoms. The van der Waals surface area contributed by atoms with E-state index >= 15 is 0 Å². The summed E-state index contributed by atoms with van der Waals surface area (Å²) < 4.78 is 0. The molecule has 1 aliphatic rings. The number of hydrogen-bond donors (Lipinski definition) is 2. The Morgan fingerprint density at radius 3 is 2.77 bits per heavy atom. The molecule has 0 saturated heterocycles. The summed E-state index contributed by atoms with van der Waals surface area (Å²) in [6.45, 7) is 4.29. The van der Waals surface area contributed by atoms with Crippen molar-refractivity contribution in [3.63, 3.8) is 0 Å². The van der Waals surface area contributed by atoms with E-state index < -0.39 is 6.03 Å². The van der Waals surface area contributed by atoms with Crippen molar-refractivity contribution in [3.05, 3.63) is 0 Å². The van der Waals surface area contributed by atoms with Gasteiger partial charge in [-0.05, 0) is 19.3 Å². The van der Waals surface area contributed by atoms with Crippen molar-refractivity contribution in [1.29, 1.82) is 0 Å². The van der Waals surface area contributed by atoms with Crippen LogP contribution in [0.5, 0.6) is 0 Å². The van der Waals surface area contributed by atoms with Gasteiger partial charge in [0.2, 0.25) is 0 Å². The zero-order valence-electron chi connectivity index (χ0n) is 8.26. The molecule has 0 heterocycles. The summed E-state index contributed by atoms with van der Waals surface area (Å²) in [7, 11) is 0. The molecule has 2 amide bonds. The van der Waals surface area contributed by atoms with Gasteiger partial charge in [-0.25, -0.2) is 10.2 Å². The topological polar surface area (TPSA) is 67.5 Å². The minimum atomic E-state index is -0.589. The molecule has 74 valence electrons. The second kappa shape index (κ2) is 3.77. The number of primary amides is 1. The van der Waals surface area contributed by atoms with Gasteiger partial charge in [0.15, 0.2) is 0 Å². The van der Waals surface area contributed by atoms with Crippen LogP contribution in [0.3, 0.4) is 0 Å². The normalized spacial score (nSPS) is 24.3. The molecule has 1 aliphatic carbocycles. The molecule has 0 aromatic rings. The maximum absolute atomic E-state index is 10.5. The molecule has 0 bridgehead atoms. The van der Waals surface area contributed by atoms with Crippen LogP contribution in [0.2, 0.25) is 0 Å². The lowest BCUT2D eigenvalue weighted by atomic mass is 9.76. The maximum atomic E-state index is 10.5. The number of amides is 2. The van der Waals surface area contributed by atoms with Gasteiger partial charge in [0.05, 0.1) is 0 Å². The van der Waals surface area contributed by atoms with Gasteiger partial charge in [-0.15, -0.1) is 0 Å². The van der Waals surface area contributed by atoms with Gasteiger partial charge in [0.25, 0.3) is 0 Å². The number of nitrogens with zero attached hydrogens (tertiary/aromatic N) is 1. The van der Waals surface area contributed by atoms with E-state index in [1.165, 1.54) is 6.42 Å². The fourth-order valence-electron chi connectivity index (χ4n) is 1.67. The summed E-state index contributed by atoms with van der Waals surface area (Å²) in [5.74, 6) is 0. The van der Waals surface area contributed by atoms with Crippen LogP contribution in [-0.4, -0.2) is 11.7 Å². The second-order valence-corrected chi connectivity index (χ2v) is 4.13. The van der Waals surface area contributed by atoms with E-state index in [-0.39, 0.29) is 5.41 Å². The van der Waals surface area contributed by atoms with Gasteiger partial charge in [-0.2, -0.15) is 5.10 Å². The molecule has 1 fully saturated rings. The molecule has 0 aromatic carbocycles. The molecule has 3 N–H and O–H groups in total. The van der Waals surface area contributed by atoms with Crippen LogP contribution in [0.1, 0.15) is 39.5 Å². The highest BCUT2D eigenvalue weighted by Crippen LogP contribution is 2.32. The first kappa shape index (κ1) is 10.0. The summed E-state index contributed by atoms with van der Waals surface area (Å²) in [6, 6.07) is -0.589. The monoisotopic (exact) mass is 183 g/mol. The Morgan fingerprint density at radius 2 is 2.23 bits per heavy atom. The highest BCUT2D eigenvalue weighted by molar-refractivity contribution is 5.91. The second-order valence-electron chi connectivity index (χ2n) is 4.13. The van der Waals surface area contributed by atoms with Crippen LogP contribution in [0.25, 0.3) is 0 Å². The number of carbonyl (C=O) groups excluding carboxylic acids is 1. The van der Waals surface area contributed by atoms with Crippen molar-refractivity contribution < 1.29 is 4.79 Å². The molecule has 0 aromatic heterocycles. The lowest BCUT2D eigenvalue weighted by Crippen LogP contribution is -2.33. The number of nitrogens with one attached hydrogen (secondary N) is 1.